The molecule has 0 fully saturated rings. The Balaban J connectivity index is 4.88. The number of amides is 1. The first-order chi connectivity index (χ1) is 45.4. The summed E-state index contributed by atoms with van der Waals surface area (Å²) in [6, 6.07) is -0.886. The number of esters is 1. The molecule has 0 aliphatic rings. The smallest absolute Gasteiger partial charge is 0.306 e. The number of ether oxygens (including phenoxy) is 1. The van der Waals surface area contributed by atoms with E-state index < -0.39 is 20.0 Å². The molecule has 550 valence electrons. The Labute approximate surface area is 580 Å². The highest BCUT2D eigenvalue weighted by Gasteiger charge is 2.27. The molecule has 10 heteroatoms. The normalized spacial score (nSPS) is 13.5. The number of likely N-dealkylation sites (N-methyl/N-ethyl adjacent to an activating group) is 1. The summed E-state index contributed by atoms with van der Waals surface area (Å²) >= 11 is 0. The molecule has 0 aromatic carbocycles. The Morgan fingerprint density at radius 3 is 0.989 bits per heavy atom. The Morgan fingerprint density at radius 1 is 0.376 bits per heavy atom. The third-order valence-electron chi connectivity index (χ3n) is 19.1. The summed E-state index contributed by atoms with van der Waals surface area (Å²) in [5.41, 5.74) is 0. The Morgan fingerprint density at radius 2 is 0.656 bits per heavy atom. The van der Waals surface area contributed by atoms with Crippen molar-refractivity contribution in [1.29, 1.82) is 0 Å². The number of rotatable bonds is 77. The highest BCUT2D eigenvalue weighted by Crippen LogP contribution is 2.38. The average molecular weight is 1330 g/mol. The molecule has 9 nitrogen and oxygen atoms in total. The molecule has 0 aromatic heterocycles. The largest absolute Gasteiger partial charge is 0.756 e. The van der Waals surface area contributed by atoms with Gasteiger partial charge >= 0.3 is 5.97 Å². The van der Waals surface area contributed by atoms with Crippen LogP contribution in [0.4, 0.5) is 0 Å². The van der Waals surface area contributed by atoms with Crippen molar-refractivity contribution in [2.24, 2.45) is 0 Å². The van der Waals surface area contributed by atoms with Crippen LogP contribution in [0.1, 0.15) is 432 Å². The Bertz CT molecular complexity index is 1680. The topological polar surface area (TPSA) is 114 Å². The van der Waals surface area contributed by atoms with Gasteiger partial charge in [0.2, 0.25) is 5.91 Å². The number of hydrogen-bond acceptors (Lipinski definition) is 7. The van der Waals surface area contributed by atoms with Crippen molar-refractivity contribution in [2.45, 2.75) is 444 Å². The molecule has 1 amide bonds. The van der Waals surface area contributed by atoms with Crippen LogP contribution in [0, 0.1) is 0 Å². The molecule has 3 atom stereocenters. The predicted octanol–water partition coefficient (Wildman–Crippen LogP) is 26.3. The minimum absolute atomic E-state index is 0.0183. The number of nitrogens with zero attached hydrogens (tertiary/aromatic N) is 1. The first-order valence-corrected chi connectivity index (χ1v) is 42.8. The number of hydrogen-bond donors (Lipinski definition) is 1. The number of unbranched alkanes of at least 4 members (excludes halogenated alkanes) is 57. The summed E-state index contributed by atoms with van der Waals surface area (Å²) < 4.78 is 30.6. The van der Waals surface area contributed by atoms with Crippen LogP contribution in [0.3, 0.4) is 0 Å². The number of carbonyl (C=O) groups is 2. The maximum atomic E-state index is 13.7. The lowest BCUT2D eigenvalue weighted by Gasteiger charge is -2.30. The highest BCUT2D eigenvalue weighted by atomic mass is 31.2. The summed E-state index contributed by atoms with van der Waals surface area (Å²) in [4.78, 5) is 40.4. The zero-order valence-corrected chi connectivity index (χ0v) is 64.1. The van der Waals surface area contributed by atoms with Gasteiger partial charge in [0.05, 0.1) is 33.8 Å². The van der Waals surface area contributed by atoms with Gasteiger partial charge in [0, 0.05) is 12.8 Å². The molecule has 0 aliphatic heterocycles. The third-order valence-corrected chi connectivity index (χ3v) is 20.0. The van der Waals surface area contributed by atoms with Gasteiger partial charge in [-0.05, 0) is 63.9 Å². The minimum Gasteiger partial charge on any atom is -0.756 e. The molecule has 0 aliphatic carbocycles. The summed E-state index contributed by atoms with van der Waals surface area (Å²) in [5, 5.41) is 3.07. The van der Waals surface area contributed by atoms with E-state index >= 15 is 0 Å². The molecule has 0 rings (SSSR count). The maximum Gasteiger partial charge on any atom is 0.306 e. The standard InChI is InChI=1S/C83H161N2O7P/c1-7-10-13-16-19-22-25-28-30-32-34-36-38-40-42-44-46-48-50-52-54-57-60-63-66-69-72-75-82(86)84-80(79-91-93(88,89)90-78-77-85(4,5)6)81(74-71-68-65-62-59-56-27-24-21-18-15-12-9-3)92-83(87)76-73-70-67-64-61-58-55-53-51-49-47-45-43-41-39-37-35-33-31-29-26-23-20-17-14-11-8-2/h19,22,28,30,71,74,80-81H,7-18,20-21,23-27,29,31-70,72-73,75-79H2,1-6H3,(H-,84,86,88,89)/b22-19-,30-28-,74-71+. The molecule has 0 saturated heterocycles. The Kier molecular flexibility index (Phi) is 71.6. The second-order valence-electron chi connectivity index (χ2n) is 29.6. The molecular weight excluding hydrogens is 1170 g/mol. The fourth-order valence-electron chi connectivity index (χ4n) is 12.7. The lowest BCUT2D eigenvalue weighted by Crippen LogP contribution is -2.47. The van der Waals surface area contributed by atoms with Crippen molar-refractivity contribution in [3.05, 3.63) is 36.5 Å². The maximum absolute atomic E-state index is 13.7. The second kappa shape index (κ2) is 73.0. The van der Waals surface area contributed by atoms with E-state index in [1.807, 2.05) is 33.3 Å². The van der Waals surface area contributed by atoms with E-state index in [1.54, 1.807) is 0 Å². The van der Waals surface area contributed by atoms with E-state index in [0.717, 1.165) is 64.2 Å². The lowest BCUT2D eigenvalue weighted by molar-refractivity contribution is -0.870. The lowest BCUT2D eigenvalue weighted by atomic mass is 10.0. The van der Waals surface area contributed by atoms with Crippen LogP contribution in [0.2, 0.25) is 0 Å². The van der Waals surface area contributed by atoms with Crippen molar-refractivity contribution in [3.8, 4) is 0 Å². The average Bonchev–Trinajstić information content (AvgIpc) is 2.31. The van der Waals surface area contributed by atoms with Gasteiger partial charge in [0.15, 0.2) is 0 Å². The summed E-state index contributed by atoms with van der Waals surface area (Å²) in [6.45, 7) is 6.91. The zero-order chi connectivity index (χ0) is 67.8. The van der Waals surface area contributed by atoms with Gasteiger partial charge in [-0.15, -0.1) is 0 Å². The molecule has 93 heavy (non-hydrogen) atoms. The Hall–Kier alpha value is -1.77. The predicted molar refractivity (Wildman–Crippen MR) is 404 cm³/mol. The molecule has 0 spiro atoms. The number of phosphoric acid groups is 1. The van der Waals surface area contributed by atoms with E-state index in [4.69, 9.17) is 13.8 Å². The van der Waals surface area contributed by atoms with Crippen molar-refractivity contribution >= 4 is 19.7 Å². The SMILES string of the molecule is CCCCC/C=C\C/C=C\CCCCCCCCCCCCCCCCCCCC(=O)NC(COP(=O)([O-])OCC[N+](C)(C)C)C(/C=C/CCCCCCCCCCCCC)OC(=O)CCCCCCCCCCCCCCCCCCCCCCCCCCCCC. The van der Waals surface area contributed by atoms with Gasteiger partial charge in [-0.25, -0.2) is 0 Å². The van der Waals surface area contributed by atoms with Crippen molar-refractivity contribution < 1.29 is 37.3 Å². The van der Waals surface area contributed by atoms with Crippen molar-refractivity contribution in [1.82, 2.24) is 5.32 Å². The van der Waals surface area contributed by atoms with Crippen LogP contribution < -0.4 is 10.2 Å². The van der Waals surface area contributed by atoms with Crippen LogP contribution >= 0.6 is 7.82 Å². The first kappa shape index (κ1) is 91.2. The molecule has 1 N–H and O–H groups in total. The first-order valence-electron chi connectivity index (χ1n) is 41.3. The molecular formula is C83H161N2O7P. The van der Waals surface area contributed by atoms with Crippen LogP contribution in [0.5, 0.6) is 0 Å². The van der Waals surface area contributed by atoms with Gasteiger partial charge < -0.3 is 28.5 Å². The monoisotopic (exact) mass is 1330 g/mol. The minimum atomic E-state index is -4.71. The van der Waals surface area contributed by atoms with Gasteiger partial charge in [0.1, 0.15) is 19.3 Å². The number of nitrogens with one attached hydrogen (secondary N) is 1. The van der Waals surface area contributed by atoms with Crippen LogP contribution in [0.15, 0.2) is 36.5 Å². The molecule has 0 bridgehead atoms. The highest BCUT2D eigenvalue weighted by molar-refractivity contribution is 7.45. The van der Waals surface area contributed by atoms with Crippen LogP contribution in [-0.2, 0) is 27.9 Å². The zero-order valence-electron chi connectivity index (χ0n) is 63.2. The summed E-state index contributed by atoms with van der Waals surface area (Å²) in [5.74, 6) is -0.512. The van der Waals surface area contributed by atoms with Crippen molar-refractivity contribution in [3.63, 3.8) is 0 Å². The third kappa shape index (κ3) is 74.3. The van der Waals surface area contributed by atoms with Gasteiger partial charge in [-0.2, -0.15) is 0 Å². The van der Waals surface area contributed by atoms with E-state index in [1.165, 1.54) is 334 Å². The van der Waals surface area contributed by atoms with Gasteiger partial charge in [-0.3, -0.25) is 14.2 Å². The number of quaternary nitrogens is 1. The second-order valence-corrected chi connectivity index (χ2v) is 31.0. The summed E-state index contributed by atoms with van der Waals surface area (Å²) in [6.07, 6.45) is 93.0. The van der Waals surface area contributed by atoms with E-state index in [9.17, 15) is 19.0 Å². The molecule has 0 saturated carbocycles. The fourth-order valence-corrected chi connectivity index (χ4v) is 13.5. The quantitative estimate of drug-likeness (QED) is 0.0212. The molecule has 0 radical (unpaired) electrons. The number of carbonyl (C=O) groups excluding carboxylic acids is 2. The van der Waals surface area contributed by atoms with Crippen LogP contribution in [-0.4, -0.2) is 69.4 Å². The van der Waals surface area contributed by atoms with E-state index in [0.29, 0.717) is 17.4 Å². The number of allylic oxidation sites excluding steroid dienone is 5. The van der Waals surface area contributed by atoms with E-state index in [2.05, 4.69) is 50.4 Å². The van der Waals surface area contributed by atoms with Crippen molar-refractivity contribution in [2.75, 3.05) is 40.9 Å². The molecule has 0 heterocycles. The fraction of sp³-hybridized carbons (Fsp3) is 0.904. The molecule has 0 aromatic rings. The van der Waals surface area contributed by atoms with Crippen LogP contribution in [0.25, 0.3) is 0 Å². The summed E-state index contributed by atoms with van der Waals surface area (Å²) in [7, 11) is 1.21. The number of phosphoric ester groups is 1. The van der Waals surface area contributed by atoms with Gasteiger partial charge in [0.25, 0.3) is 7.82 Å². The van der Waals surface area contributed by atoms with E-state index in [-0.39, 0.29) is 31.5 Å². The molecule has 3 unspecified atom stereocenters. The van der Waals surface area contributed by atoms with Gasteiger partial charge in [-0.1, -0.05) is 391 Å².